The Morgan fingerprint density at radius 3 is 2.27 bits per heavy atom. The highest BCUT2D eigenvalue weighted by atomic mass is 16.5. The van der Waals surface area contributed by atoms with E-state index in [9.17, 15) is 19.2 Å². The van der Waals surface area contributed by atoms with Crippen LogP contribution in [-0.4, -0.2) is 67.9 Å². The van der Waals surface area contributed by atoms with Gasteiger partial charge in [0.1, 0.15) is 19.0 Å². The van der Waals surface area contributed by atoms with Crippen LogP contribution >= 0.6 is 0 Å². The zero-order chi connectivity index (χ0) is 39.4. The van der Waals surface area contributed by atoms with Gasteiger partial charge in [-0.2, -0.15) is 0 Å². The van der Waals surface area contributed by atoms with E-state index < -0.39 is 5.41 Å². The lowest BCUT2D eigenvalue weighted by Crippen LogP contribution is -2.66. The topological polar surface area (TPSA) is 99.2 Å². The summed E-state index contributed by atoms with van der Waals surface area (Å²) < 4.78 is 16.9. The molecule has 5 fully saturated rings. The monoisotopic (exact) mass is 757 g/mol. The molecule has 8 heteroatoms. The first-order chi connectivity index (χ1) is 26.0. The van der Waals surface area contributed by atoms with Crippen molar-refractivity contribution in [3.05, 3.63) is 47.5 Å². The Morgan fingerprint density at radius 1 is 0.836 bits per heavy atom. The average Bonchev–Trinajstić information content (AvgIpc) is 3.15. The van der Waals surface area contributed by atoms with Crippen molar-refractivity contribution in [1.29, 1.82) is 0 Å². The quantitative estimate of drug-likeness (QED) is 0.219. The maximum Gasteiger partial charge on any atom is 0.312 e. The molecule has 1 saturated heterocycles. The number of rotatable bonds is 10. The van der Waals surface area contributed by atoms with E-state index in [0.29, 0.717) is 32.8 Å². The van der Waals surface area contributed by atoms with Gasteiger partial charge in [0.2, 0.25) is 0 Å². The molecule has 0 bridgehead atoms. The number of hydrogen-bond acceptors (Lipinski definition) is 8. The molecule has 9 atom stereocenters. The Kier molecular flexibility index (Phi) is 10.9. The molecule has 1 aliphatic heterocycles. The van der Waals surface area contributed by atoms with Crippen LogP contribution in [0.3, 0.4) is 0 Å². The van der Waals surface area contributed by atoms with Crippen LogP contribution in [0.2, 0.25) is 0 Å². The Hall–Kier alpha value is -2.84. The second kappa shape index (κ2) is 14.8. The normalized spacial score (nSPS) is 39.7. The molecule has 0 amide bonds. The molecule has 4 saturated carbocycles. The molecular formula is C47H67NO7. The summed E-state index contributed by atoms with van der Waals surface area (Å²) in [5, 5.41) is 0. The van der Waals surface area contributed by atoms with Gasteiger partial charge in [-0.15, -0.1) is 0 Å². The Morgan fingerprint density at radius 2 is 1.55 bits per heavy atom. The van der Waals surface area contributed by atoms with Gasteiger partial charge >= 0.3 is 11.9 Å². The van der Waals surface area contributed by atoms with Crippen molar-refractivity contribution in [2.75, 3.05) is 39.5 Å². The Labute approximate surface area is 329 Å². The number of fused-ring (bicyclic) bond motifs is 7. The highest BCUT2D eigenvalue weighted by Crippen LogP contribution is 2.75. The highest BCUT2D eigenvalue weighted by Gasteiger charge is 2.70. The number of morpholine rings is 1. The van der Waals surface area contributed by atoms with Crippen molar-refractivity contribution in [1.82, 2.24) is 4.90 Å². The van der Waals surface area contributed by atoms with Crippen LogP contribution in [0.4, 0.5) is 0 Å². The minimum Gasteiger partial charge on any atom is -0.464 e. The summed E-state index contributed by atoms with van der Waals surface area (Å²) in [7, 11) is 0. The summed E-state index contributed by atoms with van der Waals surface area (Å²) in [6.07, 6.45) is 10.5. The molecule has 0 aromatic heterocycles. The fraction of sp³-hybridized carbons (Fsp3) is 0.745. The molecule has 5 aliphatic carbocycles. The predicted octanol–water partition coefficient (Wildman–Crippen LogP) is 8.55. The van der Waals surface area contributed by atoms with E-state index in [4.69, 9.17) is 14.2 Å². The number of ether oxygens (including phenoxy) is 3. The predicted molar refractivity (Wildman–Crippen MR) is 212 cm³/mol. The Balaban J connectivity index is 1.06. The molecule has 7 rings (SSSR count). The molecule has 0 spiro atoms. The molecule has 55 heavy (non-hydrogen) atoms. The van der Waals surface area contributed by atoms with E-state index in [2.05, 4.69) is 59.4 Å². The van der Waals surface area contributed by atoms with Crippen LogP contribution in [0.15, 0.2) is 42.0 Å². The number of carbonyl (C=O) groups is 4. The van der Waals surface area contributed by atoms with Gasteiger partial charge in [0, 0.05) is 37.9 Å². The summed E-state index contributed by atoms with van der Waals surface area (Å²) in [6.45, 7) is 20.6. The van der Waals surface area contributed by atoms with E-state index in [1.54, 1.807) is 0 Å². The Bertz CT molecular complexity index is 1680. The smallest absolute Gasteiger partial charge is 0.312 e. The molecule has 0 unspecified atom stereocenters. The van der Waals surface area contributed by atoms with Crippen molar-refractivity contribution in [2.24, 2.45) is 56.2 Å². The van der Waals surface area contributed by atoms with Crippen molar-refractivity contribution in [3.63, 3.8) is 0 Å². The van der Waals surface area contributed by atoms with Crippen LogP contribution in [0.25, 0.3) is 0 Å². The van der Waals surface area contributed by atoms with E-state index >= 15 is 0 Å². The second-order valence-electron chi connectivity index (χ2n) is 20.4. The first-order valence-electron chi connectivity index (χ1n) is 21.4. The summed E-state index contributed by atoms with van der Waals surface area (Å²) in [4.78, 5) is 57.5. The van der Waals surface area contributed by atoms with Gasteiger partial charge in [0.15, 0.2) is 5.78 Å². The van der Waals surface area contributed by atoms with E-state index in [0.717, 1.165) is 70.0 Å². The van der Waals surface area contributed by atoms with Crippen LogP contribution in [-0.2, 0) is 40.0 Å². The molecule has 0 N–H and O–H groups in total. The minimum absolute atomic E-state index is 0.0463. The fourth-order valence-corrected chi connectivity index (χ4v) is 13.4. The molecular weight excluding hydrogens is 691 g/mol. The van der Waals surface area contributed by atoms with Crippen LogP contribution in [0, 0.1) is 56.2 Å². The molecule has 0 radical (unpaired) electrons. The standard InChI is InChI=1S/C47H67NO7/c1-42(2)33(36(49)13-14-39(51)54-28-25-48-23-26-53-27-24-48)15-17-45(5)38(42)16-18-47(7)40(45)37(50)29-34-35-30-44(4,20-19-43(35,3)21-22-46(34,47)6)41(52)55-31-32-11-9-8-10-12-32/h8-12,29,33,35,38,40H,13-28,30-31H2,1-7H3/t33-,35+,38+,40-,43-,44+,45+,46-,47-/m1/s1. The van der Waals surface area contributed by atoms with Crippen LogP contribution in [0.5, 0.6) is 0 Å². The fourth-order valence-electron chi connectivity index (χ4n) is 13.4. The highest BCUT2D eigenvalue weighted by molar-refractivity contribution is 5.96. The van der Waals surface area contributed by atoms with Crippen molar-refractivity contribution in [3.8, 4) is 0 Å². The SMILES string of the molecule is CC1(C)[C@@H](C(=O)CCC(=O)OCCN2CCOCC2)CC[C@]2(C)[C@H]3C(=O)C=C4[C@@H]5C[C@@](C)(C(=O)OCc6ccccc6)CC[C@]5(C)CC[C@@]4(C)[C@]3(C)CC[C@@H]12. The average molecular weight is 758 g/mol. The van der Waals surface area contributed by atoms with Crippen LogP contribution < -0.4 is 0 Å². The van der Waals surface area contributed by atoms with Gasteiger partial charge in [-0.3, -0.25) is 24.1 Å². The van der Waals surface area contributed by atoms with Gasteiger partial charge in [-0.25, -0.2) is 0 Å². The summed E-state index contributed by atoms with van der Waals surface area (Å²) in [5.41, 5.74) is 0.806. The third-order valence-corrected chi connectivity index (χ3v) is 17.1. The second-order valence-corrected chi connectivity index (χ2v) is 20.4. The summed E-state index contributed by atoms with van der Waals surface area (Å²) in [6, 6.07) is 9.89. The summed E-state index contributed by atoms with van der Waals surface area (Å²) in [5.74, 6) is 0.0811. The maximum absolute atomic E-state index is 14.9. The number of benzene rings is 1. The largest absolute Gasteiger partial charge is 0.464 e. The third-order valence-electron chi connectivity index (χ3n) is 17.1. The lowest BCUT2D eigenvalue weighted by molar-refractivity contribution is -0.194. The summed E-state index contributed by atoms with van der Waals surface area (Å²) >= 11 is 0. The zero-order valence-electron chi connectivity index (χ0n) is 34.8. The van der Waals surface area contributed by atoms with Crippen molar-refractivity contribution in [2.45, 2.75) is 126 Å². The number of hydrogen-bond donors (Lipinski definition) is 0. The first kappa shape index (κ1) is 40.4. The first-order valence-corrected chi connectivity index (χ1v) is 21.4. The number of carbonyl (C=O) groups excluding carboxylic acids is 4. The molecule has 8 nitrogen and oxygen atoms in total. The lowest BCUT2D eigenvalue weighted by Gasteiger charge is -2.70. The molecule has 302 valence electrons. The van der Waals surface area contributed by atoms with E-state index in [-0.39, 0.29) is 93.7 Å². The van der Waals surface area contributed by atoms with Gasteiger partial charge in [0.25, 0.3) is 0 Å². The molecule has 6 aliphatic rings. The number of allylic oxidation sites excluding steroid dienone is 2. The third kappa shape index (κ3) is 6.97. The van der Waals surface area contributed by atoms with Gasteiger partial charge in [-0.05, 0) is 115 Å². The van der Waals surface area contributed by atoms with Crippen molar-refractivity contribution < 1.29 is 33.4 Å². The van der Waals surface area contributed by atoms with E-state index in [1.807, 2.05) is 30.3 Å². The van der Waals surface area contributed by atoms with E-state index in [1.165, 1.54) is 5.57 Å². The molecule has 1 aromatic carbocycles. The van der Waals surface area contributed by atoms with Crippen molar-refractivity contribution >= 4 is 23.5 Å². The number of Topliss-reactive ketones (excluding diaryl/α,β-unsaturated/α-hetero) is 1. The molecule has 1 heterocycles. The maximum atomic E-state index is 14.9. The number of esters is 2. The lowest BCUT2D eigenvalue weighted by atomic mass is 9.33. The molecule has 1 aromatic rings. The van der Waals surface area contributed by atoms with Gasteiger partial charge in [-0.1, -0.05) is 77.4 Å². The minimum atomic E-state index is -0.600. The van der Waals surface area contributed by atoms with Gasteiger partial charge < -0.3 is 14.2 Å². The zero-order valence-corrected chi connectivity index (χ0v) is 34.8. The van der Waals surface area contributed by atoms with Gasteiger partial charge in [0.05, 0.1) is 25.0 Å². The number of ketones is 2. The number of nitrogens with zero attached hydrogens (tertiary/aromatic N) is 1. The van der Waals surface area contributed by atoms with Crippen LogP contribution in [0.1, 0.15) is 125 Å².